The summed E-state index contributed by atoms with van der Waals surface area (Å²) in [5.74, 6) is 2.73. The molecule has 0 aromatic heterocycles. The van der Waals surface area contributed by atoms with Gasteiger partial charge in [-0.3, -0.25) is 0 Å². The van der Waals surface area contributed by atoms with Crippen LogP contribution in [0.5, 0.6) is 0 Å². The van der Waals surface area contributed by atoms with Crippen LogP contribution >= 0.6 is 23.5 Å². The molecule has 0 aromatic rings. The van der Waals surface area contributed by atoms with Gasteiger partial charge >= 0.3 is 6.18 Å². The lowest BCUT2D eigenvalue weighted by Crippen LogP contribution is -2.30. The third-order valence-electron chi connectivity index (χ3n) is 1.99. The Morgan fingerprint density at radius 3 is 2.57 bits per heavy atom. The molecule has 0 radical (unpaired) electrons. The number of halogens is 3. The van der Waals surface area contributed by atoms with Crippen LogP contribution in [0, 0.1) is 0 Å². The van der Waals surface area contributed by atoms with Crippen molar-refractivity contribution in [2.75, 3.05) is 17.3 Å². The molecule has 1 nitrogen and oxygen atoms in total. The molecule has 0 aliphatic carbocycles. The Morgan fingerprint density at radius 1 is 1.36 bits per heavy atom. The second-order valence-corrected chi connectivity index (χ2v) is 5.70. The van der Waals surface area contributed by atoms with Crippen molar-refractivity contribution in [2.24, 2.45) is 0 Å². The molecule has 14 heavy (non-hydrogen) atoms. The number of aliphatic hydroxyl groups is 1. The van der Waals surface area contributed by atoms with Crippen molar-refractivity contribution in [1.82, 2.24) is 0 Å². The van der Waals surface area contributed by atoms with Gasteiger partial charge in [-0.05, 0) is 6.42 Å². The molecule has 1 aliphatic heterocycles. The van der Waals surface area contributed by atoms with E-state index in [9.17, 15) is 18.3 Å². The highest BCUT2D eigenvalue weighted by Gasteiger charge is 2.30. The highest BCUT2D eigenvalue weighted by atomic mass is 32.2. The van der Waals surface area contributed by atoms with E-state index < -0.39 is 18.7 Å². The van der Waals surface area contributed by atoms with Crippen LogP contribution in [-0.4, -0.2) is 39.9 Å². The Balaban J connectivity index is 2.23. The molecule has 1 N–H and O–H groups in total. The number of aliphatic hydroxyl groups excluding tert-OH is 1. The van der Waals surface area contributed by atoms with Crippen LogP contribution in [0.1, 0.15) is 12.8 Å². The van der Waals surface area contributed by atoms with E-state index in [0.29, 0.717) is 0 Å². The zero-order valence-electron chi connectivity index (χ0n) is 7.59. The Bertz CT molecular complexity index is 168. The molecule has 2 atom stereocenters. The second-order valence-electron chi connectivity index (χ2n) is 3.21. The number of thioether (sulfide) groups is 2. The summed E-state index contributed by atoms with van der Waals surface area (Å²) >= 11 is 3.29. The van der Waals surface area contributed by atoms with Crippen LogP contribution in [0.25, 0.3) is 0 Å². The second kappa shape index (κ2) is 5.51. The summed E-state index contributed by atoms with van der Waals surface area (Å²) in [6.07, 6.45) is -6.00. The molecule has 6 heteroatoms. The molecule has 1 fully saturated rings. The van der Waals surface area contributed by atoms with E-state index in [1.807, 2.05) is 0 Å². The van der Waals surface area contributed by atoms with E-state index in [0.717, 1.165) is 17.3 Å². The molecule has 84 valence electrons. The number of rotatable bonds is 3. The highest BCUT2D eigenvalue weighted by Crippen LogP contribution is 2.30. The lowest BCUT2D eigenvalue weighted by Gasteiger charge is -2.25. The molecule has 0 spiro atoms. The van der Waals surface area contributed by atoms with Crippen LogP contribution in [-0.2, 0) is 0 Å². The summed E-state index contributed by atoms with van der Waals surface area (Å²) < 4.78 is 35.6. The van der Waals surface area contributed by atoms with Crippen LogP contribution in [0.3, 0.4) is 0 Å². The minimum absolute atomic E-state index is 0.0175. The first-order valence-corrected chi connectivity index (χ1v) is 6.63. The molecule has 1 heterocycles. The largest absolute Gasteiger partial charge is 0.392 e. The minimum Gasteiger partial charge on any atom is -0.392 e. The average Bonchev–Trinajstić information content (AvgIpc) is 2.14. The molecule has 1 rings (SSSR count). The van der Waals surface area contributed by atoms with Crippen molar-refractivity contribution in [3.63, 3.8) is 0 Å². The van der Waals surface area contributed by atoms with Gasteiger partial charge in [0.15, 0.2) is 0 Å². The number of alkyl halides is 3. The van der Waals surface area contributed by atoms with Gasteiger partial charge in [0.25, 0.3) is 0 Å². The van der Waals surface area contributed by atoms with Crippen molar-refractivity contribution >= 4 is 23.5 Å². The first kappa shape index (κ1) is 12.5. The minimum atomic E-state index is -4.15. The van der Waals surface area contributed by atoms with Gasteiger partial charge in [-0.15, -0.1) is 0 Å². The molecule has 1 saturated heterocycles. The monoisotopic (exact) mass is 246 g/mol. The van der Waals surface area contributed by atoms with Crippen molar-refractivity contribution in [1.29, 1.82) is 0 Å². The first-order chi connectivity index (χ1) is 6.49. The molecule has 0 saturated carbocycles. The zero-order chi connectivity index (χ0) is 10.6. The van der Waals surface area contributed by atoms with Crippen molar-refractivity contribution in [3.05, 3.63) is 0 Å². The van der Waals surface area contributed by atoms with Crippen LogP contribution in [0.15, 0.2) is 0 Å². The molecule has 1 aliphatic rings. The van der Waals surface area contributed by atoms with Gasteiger partial charge in [0.05, 0.1) is 6.10 Å². The van der Waals surface area contributed by atoms with E-state index in [-0.39, 0.29) is 11.7 Å². The van der Waals surface area contributed by atoms with Crippen molar-refractivity contribution in [3.8, 4) is 0 Å². The molecule has 0 aromatic carbocycles. The summed E-state index contributed by atoms with van der Waals surface area (Å²) in [6.45, 7) is 0. The van der Waals surface area contributed by atoms with Gasteiger partial charge in [-0.1, -0.05) is 0 Å². The maximum atomic E-state index is 11.9. The van der Waals surface area contributed by atoms with Gasteiger partial charge in [0, 0.05) is 28.9 Å². The van der Waals surface area contributed by atoms with Crippen molar-refractivity contribution < 1.29 is 18.3 Å². The third-order valence-corrected chi connectivity index (χ3v) is 4.90. The van der Waals surface area contributed by atoms with E-state index in [4.69, 9.17) is 0 Å². The molecular formula is C8H13F3OS2. The van der Waals surface area contributed by atoms with Gasteiger partial charge < -0.3 is 5.11 Å². The van der Waals surface area contributed by atoms with Gasteiger partial charge in [-0.2, -0.15) is 36.7 Å². The highest BCUT2D eigenvalue weighted by molar-refractivity contribution is 8.06. The van der Waals surface area contributed by atoms with E-state index >= 15 is 0 Å². The summed E-state index contributed by atoms with van der Waals surface area (Å²) in [5, 5.41) is 9.49. The van der Waals surface area contributed by atoms with E-state index in [1.165, 1.54) is 0 Å². The summed E-state index contributed by atoms with van der Waals surface area (Å²) in [4.78, 5) is 0. The predicted molar refractivity (Wildman–Crippen MR) is 54.9 cm³/mol. The standard InChI is InChI=1S/C8H13F3OS2/c9-8(10,11)2-1-6(12)7-5-13-3-4-14-7/h6-7,12H,1-5H2. The Morgan fingerprint density at radius 2 is 2.07 bits per heavy atom. The van der Waals surface area contributed by atoms with Crippen LogP contribution in [0.4, 0.5) is 13.2 Å². The predicted octanol–water partition coefficient (Wildman–Crippen LogP) is 2.54. The Kier molecular flexibility index (Phi) is 4.93. The maximum absolute atomic E-state index is 11.9. The molecule has 0 bridgehead atoms. The van der Waals surface area contributed by atoms with E-state index in [2.05, 4.69) is 0 Å². The topological polar surface area (TPSA) is 20.2 Å². The maximum Gasteiger partial charge on any atom is 0.389 e. The average molecular weight is 246 g/mol. The van der Waals surface area contributed by atoms with Gasteiger partial charge in [-0.25, -0.2) is 0 Å². The van der Waals surface area contributed by atoms with E-state index in [1.54, 1.807) is 23.5 Å². The summed E-state index contributed by atoms with van der Waals surface area (Å²) in [7, 11) is 0. The Hall–Kier alpha value is 0.450. The first-order valence-electron chi connectivity index (χ1n) is 4.43. The molecule has 2 unspecified atom stereocenters. The summed E-state index contributed by atoms with van der Waals surface area (Å²) in [6, 6.07) is 0. The third kappa shape index (κ3) is 4.79. The fraction of sp³-hybridized carbons (Fsp3) is 1.00. The normalized spacial score (nSPS) is 26.1. The fourth-order valence-corrected chi connectivity index (χ4v) is 4.04. The molecule has 0 amide bonds. The van der Waals surface area contributed by atoms with Gasteiger partial charge in [0.1, 0.15) is 0 Å². The quantitative estimate of drug-likeness (QED) is 0.826. The van der Waals surface area contributed by atoms with Crippen LogP contribution < -0.4 is 0 Å². The van der Waals surface area contributed by atoms with Crippen LogP contribution in [0.2, 0.25) is 0 Å². The lowest BCUT2D eigenvalue weighted by molar-refractivity contribution is -0.139. The zero-order valence-corrected chi connectivity index (χ0v) is 9.22. The SMILES string of the molecule is OC(CCC(F)(F)F)C1CSCCS1. The smallest absolute Gasteiger partial charge is 0.389 e. The fourth-order valence-electron chi connectivity index (χ4n) is 1.23. The summed E-state index contributed by atoms with van der Waals surface area (Å²) in [5.41, 5.74) is 0. The molecular weight excluding hydrogens is 233 g/mol. The Labute approximate surface area is 89.8 Å². The number of hydrogen-bond acceptors (Lipinski definition) is 3. The number of hydrogen-bond donors (Lipinski definition) is 1. The van der Waals surface area contributed by atoms with Crippen molar-refractivity contribution in [2.45, 2.75) is 30.4 Å². The lowest BCUT2D eigenvalue weighted by atomic mass is 10.1. The van der Waals surface area contributed by atoms with Gasteiger partial charge in [0.2, 0.25) is 0 Å².